The van der Waals surface area contributed by atoms with Crippen LogP contribution in [0.4, 0.5) is 0 Å². The highest BCUT2D eigenvalue weighted by molar-refractivity contribution is 5.70. The molecule has 0 aliphatic heterocycles. The summed E-state index contributed by atoms with van der Waals surface area (Å²) in [5, 5.41) is 0. The first kappa shape index (κ1) is 19.9. The molecule has 2 rings (SSSR count). The number of hydrogen-bond donors (Lipinski definition) is 0. The highest BCUT2D eigenvalue weighted by Crippen LogP contribution is 2.14. The molecule has 3 heteroatoms. The second-order valence-electron chi connectivity index (χ2n) is 6.69. The predicted molar refractivity (Wildman–Crippen MR) is 107 cm³/mol. The predicted octanol–water partition coefficient (Wildman–Crippen LogP) is 4.04. The molecule has 2 aromatic carbocycles. The Labute approximate surface area is 157 Å². The summed E-state index contributed by atoms with van der Waals surface area (Å²) < 4.78 is 5.93. The molecule has 0 bridgehead atoms. The van der Waals surface area contributed by atoms with Crippen LogP contribution in [0, 0.1) is 0 Å². The maximum Gasteiger partial charge on any atom is 0.361 e. The molecule has 0 saturated heterocycles. The van der Waals surface area contributed by atoms with Crippen molar-refractivity contribution in [3.63, 3.8) is 0 Å². The monoisotopic (exact) mass is 352 g/mol. The van der Waals surface area contributed by atoms with Gasteiger partial charge in [-0.2, -0.15) is 0 Å². The standard InChI is InChI=1S/C23H30NO2/c1-3-17-24(20-23(25)26-4-2,18-15-21-11-7-5-8-12-21)19-16-22-13-9-6-10-14-22/h3,5-14H,1,4,15-20H2,2H3/q+1. The third kappa shape index (κ3) is 6.49. The van der Waals surface area contributed by atoms with E-state index in [2.05, 4.69) is 55.1 Å². The van der Waals surface area contributed by atoms with Crippen molar-refractivity contribution < 1.29 is 14.0 Å². The van der Waals surface area contributed by atoms with Gasteiger partial charge in [-0.1, -0.05) is 67.2 Å². The van der Waals surface area contributed by atoms with Gasteiger partial charge in [0.2, 0.25) is 0 Å². The lowest BCUT2D eigenvalue weighted by molar-refractivity contribution is -0.915. The maximum atomic E-state index is 12.3. The third-order valence-corrected chi connectivity index (χ3v) is 4.72. The van der Waals surface area contributed by atoms with Crippen LogP contribution in [0.15, 0.2) is 73.3 Å². The van der Waals surface area contributed by atoms with E-state index in [0.29, 0.717) is 17.6 Å². The summed E-state index contributed by atoms with van der Waals surface area (Å²) in [6, 6.07) is 20.9. The Balaban J connectivity index is 2.14. The molecule has 0 spiro atoms. The lowest BCUT2D eigenvalue weighted by Gasteiger charge is -2.37. The molecule has 138 valence electrons. The molecule has 0 aromatic heterocycles. The van der Waals surface area contributed by atoms with E-state index in [1.807, 2.05) is 25.1 Å². The van der Waals surface area contributed by atoms with E-state index in [-0.39, 0.29) is 5.97 Å². The average Bonchev–Trinajstić information content (AvgIpc) is 2.67. The lowest BCUT2D eigenvalue weighted by Crippen LogP contribution is -2.54. The van der Waals surface area contributed by atoms with Crippen molar-refractivity contribution in [2.45, 2.75) is 19.8 Å². The number of ether oxygens (including phenoxy) is 1. The number of hydrogen-bond acceptors (Lipinski definition) is 2. The molecule has 0 fully saturated rings. The molecule has 0 aliphatic carbocycles. The van der Waals surface area contributed by atoms with Crippen LogP contribution in [-0.2, 0) is 22.4 Å². The fourth-order valence-corrected chi connectivity index (χ4v) is 3.29. The van der Waals surface area contributed by atoms with Gasteiger partial charge in [0.15, 0.2) is 6.54 Å². The van der Waals surface area contributed by atoms with Gasteiger partial charge in [-0.15, -0.1) is 0 Å². The van der Waals surface area contributed by atoms with Crippen molar-refractivity contribution in [1.29, 1.82) is 0 Å². The first-order chi connectivity index (χ1) is 12.7. The Hall–Kier alpha value is -2.39. The van der Waals surface area contributed by atoms with Crippen molar-refractivity contribution >= 4 is 5.97 Å². The molecule has 0 unspecified atom stereocenters. The quantitative estimate of drug-likeness (QED) is 0.347. The highest BCUT2D eigenvalue weighted by atomic mass is 16.5. The number of carbonyl (C=O) groups is 1. The fourth-order valence-electron chi connectivity index (χ4n) is 3.29. The van der Waals surface area contributed by atoms with Gasteiger partial charge in [-0.25, -0.2) is 4.79 Å². The molecule has 26 heavy (non-hydrogen) atoms. The van der Waals surface area contributed by atoms with Crippen molar-refractivity contribution in [1.82, 2.24) is 0 Å². The number of rotatable bonds is 11. The van der Waals surface area contributed by atoms with E-state index in [0.717, 1.165) is 32.5 Å². The molecular formula is C23H30NO2+. The fraction of sp³-hybridized carbons (Fsp3) is 0.348. The van der Waals surface area contributed by atoms with Crippen LogP contribution in [0.5, 0.6) is 0 Å². The summed E-state index contributed by atoms with van der Waals surface area (Å²) in [4.78, 5) is 12.3. The molecular weight excluding hydrogens is 322 g/mol. The van der Waals surface area contributed by atoms with Gasteiger partial charge in [-0.05, 0) is 24.1 Å². The Bertz CT molecular complexity index is 624. The van der Waals surface area contributed by atoms with E-state index in [4.69, 9.17) is 4.74 Å². The number of nitrogens with zero attached hydrogens (tertiary/aromatic N) is 1. The van der Waals surface area contributed by atoms with E-state index in [9.17, 15) is 4.79 Å². The normalized spacial score (nSPS) is 11.1. The van der Waals surface area contributed by atoms with Crippen LogP contribution in [0.3, 0.4) is 0 Å². The van der Waals surface area contributed by atoms with Crippen molar-refractivity contribution in [2.24, 2.45) is 0 Å². The van der Waals surface area contributed by atoms with Crippen LogP contribution < -0.4 is 0 Å². The van der Waals surface area contributed by atoms with Crippen molar-refractivity contribution in [3.8, 4) is 0 Å². The first-order valence-electron chi connectivity index (χ1n) is 9.37. The first-order valence-corrected chi connectivity index (χ1v) is 9.37. The van der Waals surface area contributed by atoms with Gasteiger partial charge in [0.25, 0.3) is 0 Å². The van der Waals surface area contributed by atoms with Gasteiger partial charge in [-0.3, -0.25) is 0 Å². The minimum absolute atomic E-state index is 0.129. The van der Waals surface area contributed by atoms with Gasteiger partial charge in [0.05, 0.1) is 26.2 Å². The second-order valence-corrected chi connectivity index (χ2v) is 6.69. The minimum Gasteiger partial charge on any atom is -0.462 e. The Kier molecular flexibility index (Phi) is 8.10. The molecule has 0 atom stereocenters. The maximum absolute atomic E-state index is 12.3. The summed E-state index contributed by atoms with van der Waals surface area (Å²) >= 11 is 0. The Morgan fingerprint density at radius 1 is 0.962 bits per heavy atom. The smallest absolute Gasteiger partial charge is 0.361 e. The average molecular weight is 352 g/mol. The zero-order chi connectivity index (χ0) is 18.7. The zero-order valence-corrected chi connectivity index (χ0v) is 15.8. The zero-order valence-electron chi connectivity index (χ0n) is 15.8. The third-order valence-electron chi connectivity index (χ3n) is 4.72. The minimum atomic E-state index is -0.129. The number of carbonyl (C=O) groups excluding carboxylic acids is 1. The largest absolute Gasteiger partial charge is 0.462 e. The highest BCUT2D eigenvalue weighted by Gasteiger charge is 2.29. The molecule has 0 heterocycles. The number of quaternary nitrogens is 1. The van der Waals surface area contributed by atoms with Gasteiger partial charge >= 0.3 is 5.97 Å². The van der Waals surface area contributed by atoms with Crippen LogP contribution in [-0.4, -0.2) is 43.2 Å². The summed E-state index contributed by atoms with van der Waals surface area (Å²) in [6.45, 7) is 9.15. The summed E-state index contributed by atoms with van der Waals surface area (Å²) in [5.74, 6) is -0.129. The second kappa shape index (κ2) is 10.6. The Morgan fingerprint density at radius 3 is 1.88 bits per heavy atom. The number of benzene rings is 2. The lowest BCUT2D eigenvalue weighted by atomic mass is 10.1. The van der Waals surface area contributed by atoms with Crippen molar-refractivity contribution in [3.05, 3.63) is 84.4 Å². The topological polar surface area (TPSA) is 26.3 Å². The molecule has 0 aliphatic rings. The van der Waals surface area contributed by atoms with Crippen LogP contribution in [0.25, 0.3) is 0 Å². The Morgan fingerprint density at radius 2 is 1.46 bits per heavy atom. The summed E-state index contributed by atoms with van der Waals surface area (Å²) in [6.07, 6.45) is 3.79. The molecule has 0 saturated carbocycles. The van der Waals surface area contributed by atoms with Crippen LogP contribution >= 0.6 is 0 Å². The molecule has 3 nitrogen and oxygen atoms in total. The number of esters is 1. The van der Waals surface area contributed by atoms with Crippen LogP contribution in [0.2, 0.25) is 0 Å². The van der Waals surface area contributed by atoms with E-state index < -0.39 is 0 Å². The van der Waals surface area contributed by atoms with Gasteiger partial charge < -0.3 is 9.22 Å². The summed E-state index contributed by atoms with van der Waals surface area (Å²) in [5.41, 5.74) is 2.59. The summed E-state index contributed by atoms with van der Waals surface area (Å²) in [7, 11) is 0. The van der Waals surface area contributed by atoms with E-state index >= 15 is 0 Å². The van der Waals surface area contributed by atoms with E-state index in [1.54, 1.807) is 0 Å². The van der Waals surface area contributed by atoms with Crippen LogP contribution in [0.1, 0.15) is 18.1 Å². The van der Waals surface area contributed by atoms with Gasteiger partial charge in [0, 0.05) is 12.8 Å². The van der Waals surface area contributed by atoms with Gasteiger partial charge in [0.1, 0.15) is 0 Å². The molecule has 0 radical (unpaired) electrons. The molecule has 0 amide bonds. The molecule has 0 N–H and O–H groups in total. The van der Waals surface area contributed by atoms with Crippen molar-refractivity contribution in [2.75, 3.05) is 32.8 Å². The SMILES string of the molecule is C=CC[N+](CCc1ccccc1)(CCc1ccccc1)CC(=O)OCC. The molecule has 2 aromatic rings. The van der Waals surface area contributed by atoms with E-state index in [1.165, 1.54) is 11.1 Å².